The summed E-state index contributed by atoms with van der Waals surface area (Å²) in [5, 5.41) is 5.22. The number of benzene rings is 2. The number of thioether (sulfide) groups is 1. The molecule has 0 saturated carbocycles. The van der Waals surface area contributed by atoms with Crippen molar-refractivity contribution in [3.05, 3.63) is 54.9 Å². The summed E-state index contributed by atoms with van der Waals surface area (Å²) in [4.78, 5) is 9.11. The van der Waals surface area contributed by atoms with E-state index in [1.54, 1.807) is 25.2 Å². The fraction of sp³-hybridized carbons (Fsp3) is 0.300. The van der Waals surface area contributed by atoms with Crippen LogP contribution in [0.4, 0.5) is 11.4 Å². The first-order chi connectivity index (χ1) is 13.3. The SMILES string of the molecule is COc1ccc(N2CCN(c3ccc(-n4cnc(SC)n4)cc3)CC2)cc1. The first-order valence-corrected chi connectivity index (χ1v) is 10.2. The number of aromatic nitrogens is 3. The summed E-state index contributed by atoms with van der Waals surface area (Å²) < 4.78 is 7.06. The minimum Gasteiger partial charge on any atom is -0.497 e. The van der Waals surface area contributed by atoms with Crippen LogP contribution in [0.5, 0.6) is 5.75 Å². The van der Waals surface area contributed by atoms with Crippen molar-refractivity contribution < 1.29 is 4.74 Å². The van der Waals surface area contributed by atoms with Crippen LogP contribution in [0.1, 0.15) is 0 Å². The lowest BCUT2D eigenvalue weighted by Crippen LogP contribution is -2.46. The van der Waals surface area contributed by atoms with E-state index in [0.29, 0.717) is 0 Å². The number of rotatable bonds is 5. The Morgan fingerprint density at radius 1 is 0.815 bits per heavy atom. The molecule has 27 heavy (non-hydrogen) atoms. The Kier molecular flexibility index (Phi) is 5.20. The molecule has 1 aliphatic rings. The van der Waals surface area contributed by atoms with Crippen LogP contribution in [-0.2, 0) is 0 Å². The number of hydrogen-bond acceptors (Lipinski definition) is 6. The van der Waals surface area contributed by atoms with E-state index in [1.807, 2.05) is 23.1 Å². The van der Waals surface area contributed by atoms with Crippen LogP contribution in [0.2, 0.25) is 0 Å². The van der Waals surface area contributed by atoms with Gasteiger partial charge in [-0.15, -0.1) is 5.10 Å². The third-order valence-electron chi connectivity index (χ3n) is 4.85. The molecule has 6 nitrogen and oxygen atoms in total. The van der Waals surface area contributed by atoms with E-state index in [4.69, 9.17) is 4.74 Å². The van der Waals surface area contributed by atoms with Crippen molar-refractivity contribution in [3.63, 3.8) is 0 Å². The van der Waals surface area contributed by atoms with Crippen LogP contribution in [0, 0.1) is 0 Å². The maximum absolute atomic E-state index is 5.24. The topological polar surface area (TPSA) is 46.4 Å². The molecule has 4 rings (SSSR count). The Morgan fingerprint density at radius 3 is 1.81 bits per heavy atom. The zero-order valence-electron chi connectivity index (χ0n) is 15.6. The molecule has 1 saturated heterocycles. The summed E-state index contributed by atoms with van der Waals surface area (Å²) in [6.45, 7) is 4.03. The van der Waals surface area contributed by atoms with Gasteiger partial charge in [-0.2, -0.15) is 0 Å². The molecule has 140 valence electrons. The van der Waals surface area contributed by atoms with Crippen molar-refractivity contribution in [2.45, 2.75) is 5.16 Å². The van der Waals surface area contributed by atoms with E-state index in [-0.39, 0.29) is 0 Å². The number of nitrogens with zero attached hydrogens (tertiary/aromatic N) is 5. The normalized spacial score (nSPS) is 14.4. The monoisotopic (exact) mass is 381 g/mol. The maximum atomic E-state index is 5.24. The van der Waals surface area contributed by atoms with E-state index >= 15 is 0 Å². The summed E-state index contributed by atoms with van der Waals surface area (Å²) in [6.07, 6.45) is 3.74. The van der Waals surface area contributed by atoms with E-state index in [1.165, 1.54) is 11.4 Å². The highest BCUT2D eigenvalue weighted by atomic mass is 32.2. The molecule has 0 N–H and O–H groups in total. The van der Waals surface area contributed by atoms with Gasteiger partial charge in [-0.3, -0.25) is 0 Å². The van der Waals surface area contributed by atoms with Crippen molar-refractivity contribution >= 4 is 23.1 Å². The predicted molar refractivity (Wildman–Crippen MR) is 111 cm³/mol. The van der Waals surface area contributed by atoms with Crippen molar-refractivity contribution in [2.75, 3.05) is 49.3 Å². The number of methoxy groups -OCH3 is 1. The van der Waals surface area contributed by atoms with E-state index in [2.05, 4.69) is 56.3 Å². The second-order valence-corrected chi connectivity index (χ2v) is 7.14. The van der Waals surface area contributed by atoms with Crippen molar-refractivity contribution in [2.24, 2.45) is 0 Å². The highest BCUT2D eigenvalue weighted by molar-refractivity contribution is 7.98. The lowest BCUT2D eigenvalue weighted by atomic mass is 10.2. The Labute approximate surface area is 163 Å². The maximum Gasteiger partial charge on any atom is 0.208 e. The van der Waals surface area contributed by atoms with Gasteiger partial charge in [-0.05, 0) is 54.8 Å². The number of anilines is 2. The van der Waals surface area contributed by atoms with Gasteiger partial charge >= 0.3 is 0 Å². The van der Waals surface area contributed by atoms with E-state index in [0.717, 1.165) is 42.8 Å². The highest BCUT2D eigenvalue weighted by Crippen LogP contribution is 2.23. The molecule has 0 atom stereocenters. The molecule has 0 spiro atoms. The van der Waals surface area contributed by atoms with Gasteiger partial charge in [0.1, 0.15) is 12.1 Å². The van der Waals surface area contributed by atoms with Crippen LogP contribution in [-0.4, -0.2) is 54.3 Å². The molecule has 0 unspecified atom stereocenters. The summed E-state index contributed by atoms with van der Waals surface area (Å²) in [7, 11) is 1.70. The molecule has 1 aliphatic heterocycles. The Hall–Kier alpha value is -2.67. The molecule has 2 heterocycles. The third kappa shape index (κ3) is 3.88. The lowest BCUT2D eigenvalue weighted by Gasteiger charge is -2.37. The van der Waals surface area contributed by atoms with Gasteiger partial charge < -0.3 is 14.5 Å². The summed E-state index contributed by atoms with van der Waals surface area (Å²) in [6, 6.07) is 16.8. The molecule has 7 heteroatoms. The second kappa shape index (κ2) is 7.92. The average Bonchev–Trinajstić information content (AvgIpc) is 3.23. The largest absolute Gasteiger partial charge is 0.497 e. The number of ether oxygens (including phenoxy) is 1. The third-order valence-corrected chi connectivity index (χ3v) is 5.40. The molecule has 3 aromatic rings. The first-order valence-electron chi connectivity index (χ1n) is 8.97. The molecule has 0 radical (unpaired) electrons. The average molecular weight is 382 g/mol. The van der Waals surface area contributed by atoms with Crippen molar-refractivity contribution in [1.82, 2.24) is 14.8 Å². The van der Waals surface area contributed by atoms with Gasteiger partial charge in [0, 0.05) is 37.6 Å². The fourth-order valence-corrected chi connectivity index (χ4v) is 3.62. The lowest BCUT2D eigenvalue weighted by molar-refractivity contribution is 0.415. The van der Waals surface area contributed by atoms with Gasteiger partial charge in [-0.1, -0.05) is 11.8 Å². The Morgan fingerprint density at radius 2 is 1.33 bits per heavy atom. The Balaban J connectivity index is 1.39. The van der Waals surface area contributed by atoms with Crippen molar-refractivity contribution in [3.8, 4) is 11.4 Å². The van der Waals surface area contributed by atoms with Gasteiger partial charge in [0.15, 0.2) is 0 Å². The summed E-state index contributed by atoms with van der Waals surface area (Å²) >= 11 is 1.55. The minimum absolute atomic E-state index is 0.786. The quantitative estimate of drug-likeness (QED) is 0.632. The minimum atomic E-state index is 0.786. The fourth-order valence-electron chi connectivity index (χ4n) is 3.30. The van der Waals surface area contributed by atoms with Crippen molar-refractivity contribution in [1.29, 1.82) is 0 Å². The number of piperazine rings is 1. The van der Waals surface area contributed by atoms with E-state index < -0.39 is 0 Å². The summed E-state index contributed by atoms with van der Waals surface area (Å²) in [5.74, 6) is 0.898. The van der Waals surface area contributed by atoms with Gasteiger partial charge in [0.2, 0.25) is 5.16 Å². The molecule has 1 aromatic heterocycles. The molecule has 0 aliphatic carbocycles. The smallest absolute Gasteiger partial charge is 0.208 e. The molecule has 2 aromatic carbocycles. The van der Waals surface area contributed by atoms with E-state index in [9.17, 15) is 0 Å². The van der Waals surface area contributed by atoms with Gasteiger partial charge in [0.05, 0.1) is 12.8 Å². The molecule has 0 bridgehead atoms. The molecule has 0 amide bonds. The number of hydrogen-bond donors (Lipinski definition) is 0. The zero-order chi connectivity index (χ0) is 18.6. The van der Waals surface area contributed by atoms with Gasteiger partial charge in [0.25, 0.3) is 0 Å². The predicted octanol–water partition coefficient (Wildman–Crippen LogP) is 3.32. The van der Waals surface area contributed by atoms with Crippen LogP contribution >= 0.6 is 11.8 Å². The molecule has 1 fully saturated rings. The Bertz CT molecular complexity index is 870. The standard InChI is InChI=1S/C20H23N5OS/c1-26-19-9-7-17(8-10-19)24-13-11-23(12-14-24)16-3-5-18(6-4-16)25-15-21-20(22-25)27-2/h3-10,15H,11-14H2,1-2H3. The zero-order valence-corrected chi connectivity index (χ0v) is 16.4. The highest BCUT2D eigenvalue weighted by Gasteiger charge is 2.17. The molecular formula is C20H23N5OS. The van der Waals surface area contributed by atoms with Crippen LogP contribution < -0.4 is 14.5 Å². The first kappa shape index (κ1) is 17.7. The van der Waals surface area contributed by atoms with Crippen LogP contribution in [0.3, 0.4) is 0 Å². The molecular weight excluding hydrogens is 358 g/mol. The van der Waals surface area contributed by atoms with Crippen LogP contribution in [0.15, 0.2) is 60.0 Å². The van der Waals surface area contributed by atoms with Crippen LogP contribution in [0.25, 0.3) is 5.69 Å². The van der Waals surface area contributed by atoms with Gasteiger partial charge in [-0.25, -0.2) is 9.67 Å². The summed E-state index contributed by atoms with van der Waals surface area (Å²) in [5.41, 5.74) is 3.53. The second-order valence-electron chi connectivity index (χ2n) is 6.36.